The van der Waals surface area contributed by atoms with E-state index in [0.717, 1.165) is 18.4 Å². The van der Waals surface area contributed by atoms with Crippen molar-refractivity contribution in [3.05, 3.63) is 23.5 Å². The molecule has 1 amide bonds. The van der Waals surface area contributed by atoms with Gasteiger partial charge in [0.05, 0.1) is 5.69 Å². The molecule has 0 aromatic heterocycles. The summed E-state index contributed by atoms with van der Waals surface area (Å²) in [5.74, 6) is -0.902. The summed E-state index contributed by atoms with van der Waals surface area (Å²) in [6.07, 6.45) is 1.27. The Kier molecular flexibility index (Phi) is 3.78. The maximum atomic E-state index is 13.3. The Bertz CT molecular complexity index is 462. The first-order chi connectivity index (χ1) is 8.97. The maximum Gasteiger partial charge on any atom is 0.407 e. The first kappa shape index (κ1) is 13.5. The third kappa shape index (κ3) is 3.07. The number of anilines is 1. The maximum absolute atomic E-state index is 13.3. The van der Waals surface area contributed by atoms with Crippen LogP contribution in [0.3, 0.4) is 0 Å². The van der Waals surface area contributed by atoms with Gasteiger partial charge in [-0.05, 0) is 42.9 Å². The Morgan fingerprint density at radius 1 is 1.42 bits per heavy atom. The van der Waals surface area contributed by atoms with Crippen LogP contribution in [0.25, 0.3) is 0 Å². The number of rotatable bonds is 2. The van der Waals surface area contributed by atoms with Gasteiger partial charge >= 0.3 is 6.09 Å². The van der Waals surface area contributed by atoms with Gasteiger partial charge in [-0.1, -0.05) is 0 Å². The van der Waals surface area contributed by atoms with Gasteiger partial charge in [0.1, 0.15) is 0 Å². The standard InChI is InChI=1S/C13H17FN2O3/c14-10-6-9(7-11(15)12(10)17)5-8-1-3-16(4-2-8)13(18)19/h6-8,17H,1-5,15H2,(H,18,19). The van der Waals surface area contributed by atoms with Crippen molar-refractivity contribution in [3.8, 4) is 5.75 Å². The van der Waals surface area contributed by atoms with Crippen molar-refractivity contribution in [2.24, 2.45) is 5.92 Å². The highest BCUT2D eigenvalue weighted by atomic mass is 19.1. The summed E-state index contributed by atoms with van der Waals surface area (Å²) in [7, 11) is 0. The summed E-state index contributed by atoms with van der Waals surface area (Å²) >= 11 is 0. The Labute approximate surface area is 110 Å². The van der Waals surface area contributed by atoms with Gasteiger partial charge in [-0.15, -0.1) is 0 Å². The van der Waals surface area contributed by atoms with Gasteiger partial charge in [0.15, 0.2) is 11.6 Å². The number of amides is 1. The molecule has 104 valence electrons. The SMILES string of the molecule is Nc1cc(CC2CCN(C(=O)O)CC2)cc(F)c1O. The van der Waals surface area contributed by atoms with Crippen LogP contribution in [0, 0.1) is 11.7 Å². The van der Waals surface area contributed by atoms with Crippen LogP contribution < -0.4 is 5.73 Å². The zero-order valence-electron chi connectivity index (χ0n) is 10.5. The van der Waals surface area contributed by atoms with E-state index in [2.05, 4.69) is 0 Å². The van der Waals surface area contributed by atoms with E-state index in [0.29, 0.717) is 25.4 Å². The summed E-state index contributed by atoms with van der Waals surface area (Å²) < 4.78 is 13.3. The predicted octanol–water partition coefficient (Wildman–Crippen LogP) is 2.05. The molecule has 0 unspecified atom stereocenters. The molecule has 1 aromatic rings. The molecule has 1 aromatic carbocycles. The van der Waals surface area contributed by atoms with Crippen molar-refractivity contribution in [1.29, 1.82) is 0 Å². The van der Waals surface area contributed by atoms with Crippen molar-refractivity contribution in [2.45, 2.75) is 19.3 Å². The van der Waals surface area contributed by atoms with Crippen LogP contribution in [0.2, 0.25) is 0 Å². The molecule has 0 radical (unpaired) electrons. The second-order valence-electron chi connectivity index (χ2n) is 4.93. The number of piperidine rings is 1. The van der Waals surface area contributed by atoms with Gasteiger partial charge in [0.2, 0.25) is 0 Å². The molecule has 0 atom stereocenters. The normalized spacial score (nSPS) is 16.6. The number of benzene rings is 1. The third-order valence-electron chi connectivity index (χ3n) is 3.56. The number of hydrogen-bond acceptors (Lipinski definition) is 3. The molecule has 1 saturated heterocycles. The first-order valence-electron chi connectivity index (χ1n) is 6.22. The molecule has 0 bridgehead atoms. The quantitative estimate of drug-likeness (QED) is 0.566. The molecule has 0 saturated carbocycles. The molecule has 1 aliphatic heterocycles. The molecule has 1 fully saturated rings. The number of phenols is 1. The highest BCUT2D eigenvalue weighted by Crippen LogP contribution is 2.28. The number of nitrogens with zero attached hydrogens (tertiary/aromatic N) is 1. The minimum atomic E-state index is -0.890. The van der Waals surface area contributed by atoms with E-state index in [1.54, 1.807) is 6.07 Å². The van der Waals surface area contributed by atoms with Crippen LogP contribution >= 0.6 is 0 Å². The van der Waals surface area contributed by atoms with Gasteiger partial charge in [-0.3, -0.25) is 0 Å². The average molecular weight is 268 g/mol. The van der Waals surface area contributed by atoms with E-state index in [1.165, 1.54) is 11.0 Å². The Morgan fingerprint density at radius 2 is 2.05 bits per heavy atom. The topological polar surface area (TPSA) is 86.8 Å². The molecule has 1 aliphatic rings. The molecule has 6 heteroatoms. The highest BCUT2D eigenvalue weighted by molar-refractivity contribution is 5.65. The molecular weight excluding hydrogens is 251 g/mol. The molecule has 0 spiro atoms. The van der Waals surface area contributed by atoms with E-state index < -0.39 is 17.7 Å². The number of halogens is 1. The fourth-order valence-corrected chi connectivity index (χ4v) is 2.46. The third-order valence-corrected chi connectivity index (χ3v) is 3.56. The number of nitrogen functional groups attached to an aromatic ring is 1. The fourth-order valence-electron chi connectivity index (χ4n) is 2.46. The van der Waals surface area contributed by atoms with Crippen LogP contribution in [-0.4, -0.2) is 34.3 Å². The fraction of sp³-hybridized carbons (Fsp3) is 0.462. The van der Waals surface area contributed by atoms with Crippen LogP contribution in [0.15, 0.2) is 12.1 Å². The van der Waals surface area contributed by atoms with Gasteiger partial charge in [-0.25, -0.2) is 9.18 Å². The molecule has 2 rings (SSSR count). The Morgan fingerprint density at radius 3 is 2.58 bits per heavy atom. The van der Waals surface area contributed by atoms with E-state index in [4.69, 9.17) is 10.8 Å². The van der Waals surface area contributed by atoms with E-state index in [9.17, 15) is 14.3 Å². The summed E-state index contributed by atoms with van der Waals surface area (Å²) in [6.45, 7) is 1.02. The highest BCUT2D eigenvalue weighted by Gasteiger charge is 2.22. The molecule has 1 heterocycles. The van der Waals surface area contributed by atoms with Gasteiger partial charge < -0.3 is 20.8 Å². The number of carbonyl (C=O) groups is 1. The monoisotopic (exact) mass is 268 g/mol. The van der Waals surface area contributed by atoms with Crippen LogP contribution in [-0.2, 0) is 6.42 Å². The minimum Gasteiger partial charge on any atom is -0.503 e. The Balaban J connectivity index is 1.98. The summed E-state index contributed by atoms with van der Waals surface area (Å²) in [6, 6.07) is 2.86. The average Bonchev–Trinajstić information content (AvgIpc) is 2.36. The predicted molar refractivity (Wildman–Crippen MR) is 68.5 cm³/mol. The van der Waals surface area contributed by atoms with Crippen LogP contribution in [0.1, 0.15) is 18.4 Å². The lowest BCUT2D eigenvalue weighted by Crippen LogP contribution is -2.37. The molecular formula is C13H17FN2O3. The van der Waals surface area contributed by atoms with Crippen LogP contribution in [0.4, 0.5) is 14.9 Å². The summed E-state index contributed by atoms with van der Waals surface area (Å²) in [4.78, 5) is 12.2. The van der Waals surface area contributed by atoms with E-state index in [1.807, 2.05) is 0 Å². The summed E-state index contributed by atoms with van der Waals surface area (Å²) in [5, 5.41) is 18.1. The van der Waals surface area contributed by atoms with Crippen molar-refractivity contribution >= 4 is 11.8 Å². The van der Waals surface area contributed by atoms with Gasteiger partial charge in [0, 0.05) is 13.1 Å². The Hall–Kier alpha value is -1.98. The minimum absolute atomic E-state index is 0.0398. The van der Waals surface area contributed by atoms with Crippen molar-refractivity contribution in [3.63, 3.8) is 0 Å². The lowest BCUT2D eigenvalue weighted by molar-refractivity contribution is 0.124. The number of carboxylic acid groups (broad SMARTS) is 1. The van der Waals surface area contributed by atoms with Crippen molar-refractivity contribution in [2.75, 3.05) is 18.8 Å². The number of aromatic hydroxyl groups is 1. The van der Waals surface area contributed by atoms with Crippen molar-refractivity contribution in [1.82, 2.24) is 4.90 Å². The largest absolute Gasteiger partial charge is 0.503 e. The number of hydrogen-bond donors (Lipinski definition) is 3. The van der Waals surface area contributed by atoms with Crippen LogP contribution in [0.5, 0.6) is 5.75 Å². The first-order valence-corrected chi connectivity index (χ1v) is 6.22. The van der Waals surface area contributed by atoms with Gasteiger partial charge in [0.25, 0.3) is 0 Å². The second-order valence-corrected chi connectivity index (χ2v) is 4.93. The van der Waals surface area contributed by atoms with E-state index in [-0.39, 0.29) is 5.69 Å². The number of phenolic OH excluding ortho intramolecular Hbond substituents is 1. The zero-order valence-corrected chi connectivity index (χ0v) is 10.5. The van der Waals surface area contributed by atoms with Crippen molar-refractivity contribution < 1.29 is 19.4 Å². The molecule has 19 heavy (non-hydrogen) atoms. The molecule has 5 nitrogen and oxygen atoms in total. The number of likely N-dealkylation sites (tertiary alicyclic amines) is 1. The van der Waals surface area contributed by atoms with E-state index >= 15 is 0 Å². The molecule has 4 N–H and O–H groups in total. The zero-order chi connectivity index (χ0) is 14.0. The van der Waals surface area contributed by atoms with Gasteiger partial charge in [-0.2, -0.15) is 0 Å². The smallest absolute Gasteiger partial charge is 0.407 e. The number of nitrogens with two attached hydrogens (primary N) is 1. The molecule has 0 aliphatic carbocycles. The lowest BCUT2D eigenvalue weighted by atomic mass is 9.90. The lowest BCUT2D eigenvalue weighted by Gasteiger charge is -2.30. The summed E-state index contributed by atoms with van der Waals surface area (Å²) in [5.41, 5.74) is 6.29. The second kappa shape index (κ2) is 5.34.